The molecule has 5 heteroatoms. The third-order valence-corrected chi connectivity index (χ3v) is 1.75. The molecule has 0 saturated heterocycles. The van der Waals surface area contributed by atoms with Gasteiger partial charge in [-0.3, -0.25) is 0 Å². The van der Waals surface area contributed by atoms with Crippen LogP contribution in [0.5, 0.6) is 0 Å². The largest absolute Gasteiger partial charge is 0.462 e. The zero-order chi connectivity index (χ0) is 9.84. The van der Waals surface area contributed by atoms with Crippen molar-refractivity contribution in [2.24, 2.45) is 0 Å². The van der Waals surface area contributed by atoms with Gasteiger partial charge in [0.15, 0.2) is 0 Å². The summed E-state index contributed by atoms with van der Waals surface area (Å²) in [5, 5.41) is 0. The molecule has 0 saturated carbocycles. The van der Waals surface area contributed by atoms with E-state index in [-0.39, 0.29) is 12.2 Å². The third kappa shape index (κ3) is 2.48. The van der Waals surface area contributed by atoms with Crippen LogP contribution in [0.25, 0.3) is 0 Å². The maximum Gasteiger partial charge on any atom is 0.342 e. The average molecular weight is 248 g/mol. The van der Waals surface area contributed by atoms with Crippen molar-refractivity contribution < 1.29 is 13.9 Å². The molecule has 0 aromatic carbocycles. The lowest BCUT2D eigenvalue weighted by atomic mass is 10.3. The quantitative estimate of drug-likeness (QED) is 0.594. The Balaban J connectivity index is 2.95. The van der Waals surface area contributed by atoms with Gasteiger partial charge < -0.3 is 4.74 Å². The molecule has 1 aromatic rings. The van der Waals surface area contributed by atoms with Gasteiger partial charge in [0.1, 0.15) is 10.2 Å². The lowest BCUT2D eigenvalue weighted by Gasteiger charge is -2.01. The van der Waals surface area contributed by atoms with Crippen molar-refractivity contribution in [3.8, 4) is 0 Å². The van der Waals surface area contributed by atoms with Crippen LogP contribution in [-0.4, -0.2) is 17.6 Å². The van der Waals surface area contributed by atoms with Gasteiger partial charge >= 0.3 is 5.97 Å². The standard InChI is InChI=1S/C8H7BrFNO2/c1-2-13-8(12)5-3-4-6(9)11-7(5)10/h3-4H,2H2,1H3. The van der Waals surface area contributed by atoms with Crippen molar-refractivity contribution >= 4 is 21.9 Å². The molecule has 70 valence electrons. The van der Waals surface area contributed by atoms with Crippen LogP contribution in [0.2, 0.25) is 0 Å². The first kappa shape index (κ1) is 10.1. The monoisotopic (exact) mass is 247 g/mol. The molecule has 0 bridgehead atoms. The predicted octanol–water partition coefficient (Wildman–Crippen LogP) is 2.16. The van der Waals surface area contributed by atoms with E-state index < -0.39 is 11.9 Å². The highest BCUT2D eigenvalue weighted by Crippen LogP contribution is 2.11. The number of aromatic nitrogens is 1. The van der Waals surface area contributed by atoms with Crippen molar-refractivity contribution in [2.75, 3.05) is 6.61 Å². The first-order valence-electron chi connectivity index (χ1n) is 3.64. The fourth-order valence-electron chi connectivity index (χ4n) is 0.773. The van der Waals surface area contributed by atoms with E-state index in [9.17, 15) is 9.18 Å². The lowest BCUT2D eigenvalue weighted by molar-refractivity contribution is 0.0520. The van der Waals surface area contributed by atoms with E-state index in [1.54, 1.807) is 6.92 Å². The molecule has 1 rings (SSSR count). The molecule has 0 radical (unpaired) electrons. The SMILES string of the molecule is CCOC(=O)c1ccc(Br)nc1F. The van der Waals surface area contributed by atoms with Crippen LogP contribution in [0.3, 0.4) is 0 Å². The molecule has 0 N–H and O–H groups in total. The van der Waals surface area contributed by atoms with E-state index >= 15 is 0 Å². The summed E-state index contributed by atoms with van der Waals surface area (Å²) in [5.41, 5.74) is -0.148. The van der Waals surface area contributed by atoms with Gasteiger partial charge in [-0.2, -0.15) is 4.39 Å². The van der Waals surface area contributed by atoms with E-state index in [0.29, 0.717) is 4.60 Å². The Bertz CT molecular complexity index is 330. The highest BCUT2D eigenvalue weighted by Gasteiger charge is 2.13. The Kier molecular flexibility index (Phi) is 3.36. The molecule has 13 heavy (non-hydrogen) atoms. The lowest BCUT2D eigenvalue weighted by Crippen LogP contribution is -2.08. The van der Waals surface area contributed by atoms with Crippen molar-refractivity contribution in [1.29, 1.82) is 0 Å². The van der Waals surface area contributed by atoms with E-state index in [2.05, 4.69) is 25.7 Å². The summed E-state index contributed by atoms with van der Waals surface area (Å²) in [4.78, 5) is 14.5. The second kappa shape index (κ2) is 4.32. The van der Waals surface area contributed by atoms with E-state index in [1.165, 1.54) is 12.1 Å². The number of rotatable bonds is 2. The minimum absolute atomic E-state index is 0.148. The summed E-state index contributed by atoms with van der Waals surface area (Å²) in [6.45, 7) is 1.87. The number of ether oxygens (including phenoxy) is 1. The summed E-state index contributed by atoms with van der Waals surface area (Å²) in [7, 11) is 0. The van der Waals surface area contributed by atoms with Gasteiger partial charge in [0, 0.05) is 0 Å². The highest BCUT2D eigenvalue weighted by atomic mass is 79.9. The van der Waals surface area contributed by atoms with Crippen LogP contribution in [0, 0.1) is 5.95 Å². The van der Waals surface area contributed by atoms with Gasteiger partial charge in [-0.1, -0.05) is 0 Å². The van der Waals surface area contributed by atoms with Crippen LogP contribution in [0.15, 0.2) is 16.7 Å². The van der Waals surface area contributed by atoms with Crippen LogP contribution in [0.4, 0.5) is 4.39 Å². The van der Waals surface area contributed by atoms with E-state index in [1.807, 2.05) is 0 Å². The van der Waals surface area contributed by atoms with Crippen molar-refractivity contribution in [3.63, 3.8) is 0 Å². The number of carbonyl (C=O) groups excluding carboxylic acids is 1. The molecular formula is C8H7BrFNO2. The van der Waals surface area contributed by atoms with Crippen LogP contribution < -0.4 is 0 Å². The summed E-state index contributed by atoms with van der Waals surface area (Å²) in [5.74, 6) is -1.52. The topological polar surface area (TPSA) is 39.2 Å². The summed E-state index contributed by atoms with van der Waals surface area (Å²) < 4.78 is 17.9. The van der Waals surface area contributed by atoms with Gasteiger partial charge in [0.25, 0.3) is 0 Å². The third-order valence-electron chi connectivity index (χ3n) is 1.31. The Morgan fingerprint density at radius 2 is 2.38 bits per heavy atom. The number of hydrogen-bond acceptors (Lipinski definition) is 3. The van der Waals surface area contributed by atoms with Gasteiger partial charge in [0.05, 0.1) is 6.61 Å². The molecule has 1 aromatic heterocycles. The number of esters is 1. The van der Waals surface area contributed by atoms with Gasteiger partial charge in [-0.05, 0) is 35.0 Å². The molecule has 3 nitrogen and oxygen atoms in total. The average Bonchev–Trinajstić information content (AvgIpc) is 2.04. The van der Waals surface area contributed by atoms with Crippen molar-refractivity contribution in [1.82, 2.24) is 4.98 Å². The Labute approximate surface area is 83.1 Å². The van der Waals surface area contributed by atoms with E-state index in [4.69, 9.17) is 0 Å². The zero-order valence-corrected chi connectivity index (χ0v) is 8.47. The Hall–Kier alpha value is -0.970. The number of pyridine rings is 1. The van der Waals surface area contributed by atoms with Crippen LogP contribution in [0.1, 0.15) is 17.3 Å². The Morgan fingerprint density at radius 3 is 2.92 bits per heavy atom. The number of hydrogen-bond donors (Lipinski definition) is 0. The predicted molar refractivity (Wildman–Crippen MR) is 47.9 cm³/mol. The van der Waals surface area contributed by atoms with Gasteiger partial charge in [-0.25, -0.2) is 9.78 Å². The number of carbonyl (C=O) groups is 1. The minimum atomic E-state index is -0.826. The van der Waals surface area contributed by atoms with Crippen molar-refractivity contribution in [2.45, 2.75) is 6.92 Å². The first-order chi connectivity index (χ1) is 6.15. The second-order valence-corrected chi connectivity index (χ2v) is 3.01. The Morgan fingerprint density at radius 1 is 1.69 bits per heavy atom. The first-order valence-corrected chi connectivity index (χ1v) is 4.43. The molecule has 0 fully saturated rings. The van der Waals surface area contributed by atoms with E-state index in [0.717, 1.165) is 0 Å². The van der Waals surface area contributed by atoms with Gasteiger partial charge in [-0.15, -0.1) is 0 Å². The smallest absolute Gasteiger partial charge is 0.342 e. The number of halogens is 2. The molecule has 1 heterocycles. The molecule has 0 atom stereocenters. The highest BCUT2D eigenvalue weighted by molar-refractivity contribution is 9.10. The molecule has 0 aliphatic rings. The fraction of sp³-hybridized carbons (Fsp3) is 0.250. The molecule has 0 aliphatic heterocycles. The van der Waals surface area contributed by atoms with Crippen LogP contribution in [-0.2, 0) is 4.74 Å². The van der Waals surface area contributed by atoms with Crippen LogP contribution >= 0.6 is 15.9 Å². The minimum Gasteiger partial charge on any atom is -0.462 e. The molecule has 0 amide bonds. The zero-order valence-electron chi connectivity index (χ0n) is 6.88. The summed E-state index contributed by atoms with van der Waals surface area (Å²) in [6, 6.07) is 2.81. The molecule has 0 spiro atoms. The van der Waals surface area contributed by atoms with Gasteiger partial charge in [0.2, 0.25) is 5.95 Å². The summed E-state index contributed by atoms with van der Waals surface area (Å²) in [6.07, 6.45) is 0. The molecule has 0 aliphatic carbocycles. The molecular weight excluding hydrogens is 241 g/mol. The van der Waals surface area contributed by atoms with Crippen molar-refractivity contribution in [3.05, 3.63) is 28.2 Å². The second-order valence-electron chi connectivity index (χ2n) is 2.19. The summed E-state index contributed by atoms with van der Waals surface area (Å²) >= 11 is 2.98. The maximum absolute atomic E-state index is 13.0. The molecule has 0 unspecified atom stereocenters. The normalized spacial score (nSPS) is 9.77. The fourth-order valence-corrected chi connectivity index (χ4v) is 1.06. The maximum atomic E-state index is 13.0. The number of nitrogens with zero attached hydrogens (tertiary/aromatic N) is 1.